The minimum absolute atomic E-state index is 0.0245. The van der Waals surface area contributed by atoms with Crippen molar-refractivity contribution in [3.63, 3.8) is 0 Å². The minimum Gasteiger partial charge on any atom is -0.496 e. The number of carbonyl (C=O) groups excluding carboxylic acids is 1. The summed E-state index contributed by atoms with van der Waals surface area (Å²) >= 11 is 0. The average molecular weight is 432 g/mol. The van der Waals surface area contributed by atoms with Crippen LogP contribution in [0.2, 0.25) is 0 Å². The summed E-state index contributed by atoms with van der Waals surface area (Å²) in [5, 5.41) is 4.67. The fraction of sp³-hybridized carbons (Fsp3) is 0.261. The van der Waals surface area contributed by atoms with Crippen LogP contribution in [0, 0.1) is 5.82 Å². The number of ether oxygens (including phenoxy) is 1. The minimum atomic E-state index is -0.338. The molecular weight excluding hydrogens is 411 g/mol. The van der Waals surface area contributed by atoms with Crippen molar-refractivity contribution in [2.45, 2.75) is 18.8 Å². The van der Waals surface area contributed by atoms with E-state index in [9.17, 15) is 9.18 Å². The molecule has 0 spiro atoms. The third-order valence-electron chi connectivity index (χ3n) is 5.68. The van der Waals surface area contributed by atoms with Gasteiger partial charge in [-0.05, 0) is 43.2 Å². The van der Waals surface area contributed by atoms with Crippen molar-refractivity contribution >= 4 is 11.6 Å². The van der Waals surface area contributed by atoms with E-state index in [2.05, 4.69) is 20.1 Å². The number of carbonyl (C=O) groups is 1. The van der Waals surface area contributed by atoms with Gasteiger partial charge in [0.15, 0.2) is 11.5 Å². The van der Waals surface area contributed by atoms with Gasteiger partial charge in [0.05, 0.1) is 13.3 Å². The number of piperidine rings is 1. The van der Waals surface area contributed by atoms with E-state index >= 15 is 0 Å². The van der Waals surface area contributed by atoms with Gasteiger partial charge < -0.3 is 9.64 Å². The van der Waals surface area contributed by atoms with Crippen LogP contribution in [-0.4, -0.2) is 55.6 Å². The topological polar surface area (TPSA) is 85.5 Å². The van der Waals surface area contributed by atoms with E-state index in [1.807, 2.05) is 18.3 Å². The molecule has 0 bridgehead atoms. The lowest BCUT2D eigenvalue weighted by molar-refractivity contribution is 0.0698. The monoisotopic (exact) mass is 432 g/mol. The summed E-state index contributed by atoms with van der Waals surface area (Å²) in [6.45, 7) is 1.19. The predicted octanol–water partition coefficient (Wildman–Crippen LogP) is 3.35. The molecule has 1 aliphatic rings. The molecule has 1 amide bonds. The maximum absolute atomic E-state index is 13.8. The summed E-state index contributed by atoms with van der Waals surface area (Å²) in [7, 11) is 1.56. The molecule has 1 saturated heterocycles. The van der Waals surface area contributed by atoms with Crippen molar-refractivity contribution < 1.29 is 13.9 Å². The fourth-order valence-electron chi connectivity index (χ4n) is 4.08. The van der Waals surface area contributed by atoms with Crippen molar-refractivity contribution in [2.75, 3.05) is 20.2 Å². The molecule has 4 heterocycles. The maximum atomic E-state index is 13.8. The molecule has 5 rings (SSSR count). The molecule has 0 saturated carbocycles. The number of pyridine rings is 1. The largest absolute Gasteiger partial charge is 0.496 e. The van der Waals surface area contributed by atoms with E-state index in [0.29, 0.717) is 41.6 Å². The SMILES string of the molecule is COc1ccc(F)cc1-c1ccc2nc(C3CCCN(C(=O)c4cnccn4)C3)nn2c1. The summed E-state index contributed by atoms with van der Waals surface area (Å²) in [6.07, 6.45) is 8.11. The molecule has 3 aromatic heterocycles. The Hall–Kier alpha value is -3.88. The normalized spacial score (nSPS) is 16.3. The van der Waals surface area contributed by atoms with E-state index in [1.54, 1.807) is 28.8 Å². The quantitative estimate of drug-likeness (QED) is 0.492. The third-order valence-corrected chi connectivity index (χ3v) is 5.68. The van der Waals surface area contributed by atoms with Gasteiger partial charge in [0.25, 0.3) is 5.91 Å². The first kappa shape index (κ1) is 20.0. The summed E-state index contributed by atoms with van der Waals surface area (Å²) in [4.78, 5) is 27.3. The van der Waals surface area contributed by atoms with Crippen molar-refractivity contribution in [3.8, 4) is 16.9 Å². The van der Waals surface area contributed by atoms with Gasteiger partial charge in [-0.2, -0.15) is 5.10 Å². The molecule has 0 N–H and O–H groups in total. The number of methoxy groups -OCH3 is 1. The number of rotatable bonds is 4. The molecule has 32 heavy (non-hydrogen) atoms. The number of aromatic nitrogens is 5. The van der Waals surface area contributed by atoms with Crippen LogP contribution in [0.1, 0.15) is 35.1 Å². The highest BCUT2D eigenvalue weighted by Gasteiger charge is 2.28. The van der Waals surface area contributed by atoms with Gasteiger partial charge in [0.1, 0.15) is 17.3 Å². The van der Waals surface area contributed by atoms with E-state index in [0.717, 1.165) is 18.4 Å². The first-order valence-corrected chi connectivity index (χ1v) is 10.4. The predicted molar refractivity (Wildman–Crippen MR) is 115 cm³/mol. The Morgan fingerprint density at radius 2 is 2.12 bits per heavy atom. The van der Waals surface area contributed by atoms with E-state index in [4.69, 9.17) is 4.74 Å². The number of likely N-dealkylation sites (tertiary alicyclic amines) is 1. The second-order valence-electron chi connectivity index (χ2n) is 7.72. The summed E-state index contributed by atoms with van der Waals surface area (Å²) < 4.78 is 20.9. The van der Waals surface area contributed by atoms with Gasteiger partial charge in [0.2, 0.25) is 0 Å². The number of amides is 1. The van der Waals surface area contributed by atoms with E-state index < -0.39 is 0 Å². The zero-order chi connectivity index (χ0) is 22.1. The first-order chi connectivity index (χ1) is 15.6. The van der Waals surface area contributed by atoms with Gasteiger partial charge in [-0.1, -0.05) is 0 Å². The average Bonchev–Trinajstić information content (AvgIpc) is 3.28. The lowest BCUT2D eigenvalue weighted by Gasteiger charge is -2.31. The van der Waals surface area contributed by atoms with Crippen LogP contribution in [0.5, 0.6) is 5.75 Å². The summed E-state index contributed by atoms with van der Waals surface area (Å²) in [6, 6.07) is 8.13. The molecule has 9 heteroatoms. The van der Waals surface area contributed by atoms with Crippen molar-refractivity contribution in [1.82, 2.24) is 29.5 Å². The number of nitrogens with zero attached hydrogens (tertiary/aromatic N) is 6. The van der Waals surface area contributed by atoms with Gasteiger partial charge in [-0.3, -0.25) is 9.78 Å². The molecule has 1 unspecified atom stereocenters. The number of hydrogen-bond donors (Lipinski definition) is 0. The summed E-state index contributed by atoms with van der Waals surface area (Å²) in [5.74, 6) is 0.820. The van der Waals surface area contributed by atoms with Crippen LogP contribution < -0.4 is 4.74 Å². The molecule has 1 aromatic carbocycles. The molecular formula is C23H21FN6O2. The van der Waals surface area contributed by atoms with Crippen LogP contribution in [0.3, 0.4) is 0 Å². The van der Waals surface area contributed by atoms with Crippen molar-refractivity contribution in [2.24, 2.45) is 0 Å². The zero-order valence-electron chi connectivity index (χ0n) is 17.5. The Morgan fingerprint density at radius 3 is 2.94 bits per heavy atom. The second-order valence-corrected chi connectivity index (χ2v) is 7.72. The summed E-state index contributed by atoms with van der Waals surface area (Å²) in [5.41, 5.74) is 2.44. The maximum Gasteiger partial charge on any atom is 0.274 e. The highest BCUT2D eigenvalue weighted by molar-refractivity contribution is 5.92. The second kappa shape index (κ2) is 8.33. The smallest absolute Gasteiger partial charge is 0.274 e. The highest BCUT2D eigenvalue weighted by Crippen LogP contribution is 2.31. The lowest BCUT2D eigenvalue weighted by Crippen LogP contribution is -2.39. The Labute approximate surface area is 183 Å². The van der Waals surface area contributed by atoms with Crippen LogP contribution >= 0.6 is 0 Å². The van der Waals surface area contributed by atoms with E-state index in [-0.39, 0.29) is 17.6 Å². The number of fused-ring (bicyclic) bond motifs is 1. The third kappa shape index (κ3) is 3.77. The van der Waals surface area contributed by atoms with Gasteiger partial charge in [-0.25, -0.2) is 18.9 Å². The molecule has 1 aliphatic heterocycles. The number of hydrogen-bond acceptors (Lipinski definition) is 6. The van der Waals surface area contributed by atoms with Crippen LogP contribution in [0.4, 0.5) is 4.39 Å². The molecule has 0 radical (unpaired) electrons. The van der Waals surface area contributed by atoms with E-state index in [1.165, 1.54) is 24.5 Å². The van der Waals surface area contributed by atoms with Crippen LogP contribution in [-0.2, 0) is 0 Å². The van der Waals surface area contributed by atoms with Crippen molar-refractivity contribution in [3.05, 3.63) is 72.5 Å². The molecule has 4 aromatic rings. The Morgan fingerprint density at radius 1 is 1.22 bits per heavy atom. The van der Waals surface area contributed by atoms with Gasteiger partial charge >= 0.3 is 0 Å². The number of halogens is 1. The molecule has 162 valence electrons. The highest BCUT2D eigenvalue weighted by atomic mass is 19.1. The first-order valence-electron chi connectivity index (χ1n) is 10.4. The Bertz CT molecular complexity index is 1280. The molecule has 8 nitrogen and oxygen atoms in total. The Balaban J connectivity index is 1.42. The van der Waals surface area contributed by atoms with Crippen LogP contribution in [0.25, 0.3) is 16.8 Å². The Kier molecular flexibility index (Phi) is 5.22. The van der Waals surface area contributed by atoms with Gasteiger partial charge in [-0.15, -0.1) is 0 Å². The van der Waals surface area contributed by atoms with Crippen molar-refractivity contribution in [1.29, 1.82) is 0 Å². The zero-order valence-corrected chi connectivity index (χ0v) is 17.5. The molecule has 0 aliphatic carbocycles. The standard InChI is InChI=1S/C23H21FN6O2/c1-32-20-6-5-17(24)11-18(20)15-4-7-21-27-22(28-30(21)14-15)16-3-2-10-29(13-16)23(31)19-12-25-8-9-26-19/h4-9,11-12,14,16H,2-3,10,13H2,1H3. The van der Waals surface area contributed by atoms with Gasteiger partial charge in [0, 0.05) is 48.7 Å². The molecule has 1 fully saturated rings. The van der Waals surface area contributed by atoms with Crippen LogP contribution in [0.15, 0.2) is 55.1 Å². The fourth-order valence-corrected chi connectivity index (χ4v) is 4.08. The number of benzene rings is 1. The molecule has 1 atom stereocenters. The lowest BCUT2D eigenvalue weighted by atomic mass is 9.97.